The number of carbonyl (C=O) groups excluding carboxylic acids is 1. The van der Waals surface area contributed by atoms with Crippen LogP contribution in [0.15, 0.2) is 6.07 Å². The largest absolute Gasteiger partial charge is 1.00 e. The molecule has 1 fully saturated rings. The number of benzene rings is 1. The predicted molar refractivity (Wildman–Crippen MR) is 104 cm³/mol. The summed E-state index contributed by atoms with van der Waals surface area (Å²) in [5.74, 6) is 0. The first kappa shape index (κ1) is 22.7. The number of likely N-dealkylation sites (tertiary alicyclic amines) is 1. The number of urea groups is 1. The summed E-state index contributed by atoms with van der Waals surface area (Å²) in [5, 5.41) is 2.22. The second-order valence-corrected chi connectivity index (χ2v) is 9.52. The molecule has 1 aliphatic heterocycles. The number of nitrogens with one attached hydrogen (secondary N) is 1. The number of aryl methyl sites for hydroxylation is 2. The molecule has 0 atom stereocenters. The number of methoxy groups -OCH3 is 1. The van der Waals surface area contributed by atoms with E-state index in [1.165, 1.54) is 22.3 Å². The molecule has 0 radical (unpaired) electrons. The Balaban J connectivity index is 0.00000225. The van der Waals surface area contributed by atoms with E-state index < -0.39 is 21.3 Å². The summed E-state index contributed by atoms with van der Waals surface area (Å²) in [6.45, 7) is 2.06. The maximum atomic E-state index is 12.4. The fourth-order valence-electron chi connectivity index (χ4n) is 4.40. The fraction of sp³-hybridized carbons (Fsp3) is 0.632. The minimum absolute atomic E-state index is 0. The topological polar surface area (TPSA) is 89.8 Å². The Morgan fingerprint density at radius 1 is 1.18 bits per heavy atom. The van der Waals surface area contributed by atoms with Crippen molar-refractivity contribution in [2.45, 2.75) is 43.8 Å². The van der Waals surface area contributed by atoms with E-state index >= 15 is 0 Å². The summed E-state index contributed by atoms with van der Waals surface area (Å²) in [5.41, 5.74) is 5.76. The SMILES string of the molecule is COCCN1CC(S(=O)(=O)[N-]C(=O)Nc2c3c(cc4c2CCC4)CCC3)C1.[K+]. The molecule has 1 aromatic rings. The van der Waals surface area contributed by atoms with Gasteiger partial charge in [0.05, 0.1) is 11.9 Å². The summed E-state index contributed by atoms with van der Waals surface area (Å²) in [6, 6.07) is 1.51. The Morgan fingerprint density at radius 2 is 1.79 bits per heavy atom. The van der Waals surface area contributed by atoms with E-state index in [0.717, 1.165) is 44.2 Å². The van der Waals surface area contributed by atoms with Gasteiger partial charge in [-0.1, -0.05) is 6.07 Å². The molecule has 7 nitrogen and oxygen atoms in total. The van der Waals surface area contributed by atoms with Crippen LogP contribution in [0, 0.1) is 0 Å². The van der Waals surface area contributed by atoms with Crippen LogP contribution in [0.5, 0.6) is 0 Å². The van der Waals surface area contributed by atoms with Gasteiger partial charge in [0.25, 0.3) is 0 Å². The molecule has 0 unspecified atom stereocenters. The Bertz CT molecular complexity index is 821. The number of sulfonamides is 1. The zero-order chi connectivity index (χ0) is 19.0. The standard InChI is InChI=1S/C19H27N3O4S.K/c1-26-9-8-22-11-15(12-22)27(24,25)21-19(23)20-18-16-6-2-4-13(16)10-14-5-3-7-17(14)18;/h10,15H,2-9,11-12H2,1H3,(H2,20,21,23);/q;+1/p-1. The smallest absolute Gasteiger partial charge is 0.423 e. The Labute approximate surface area is 209 Å². The molecule has 9 heteroatoms. The average Bonchev–Trinajstić information content (AvgIpc) is 3.21. The van der Waals surface area contributed by atoms with Gasteiger partial charge in [-0.05, 0) is 66.5 Å². The number of fused-ring (bicyclic) bond motifs is 2. The predicted octanol–water partition coefficient (Wildman–Crippen LogP) is -0.766. The molecule has 0 bridgehead atoms. The second-order valence-electron chi connectivity index (χ2n) is 7.64. The van der Waals surface area contributed by atoms with Crippen molar-refractivity contribution in [1.82, 2.24) is 4.90 Å². The number of nitrogens with zero attached hydrogens (tertiary/aromatic N) is 2. The molecular weight excluding hydrogens is 405 g/mol. The zero-order valence-electron chi connectivity index (χ0n) is 16.7. The van der Waals surface area contributed by atoms with E-state index in [9.17, 15) is 13.2 Å². The number of anilines is 1. The second kappa shape index (κ2) is 9.43. The van der Waals surface area contributed by atoms with Gasteiger partial charge in [0.1, 0.15) is 0 Å². The summed E-state index contributed by atoms with van der Waals surface area (Å²) in [6.07, 6.45) is 6.08. The maximum absolute atomic E-state index is 12.4. The van der Waals surface area contributed by atoms with Crippen LogP contribution < -0.4 is 56.7 Å². The van der Waals surface area contributed by atoms with Gasteiger partial charge >= 0.3 is 51.4 Å². The van der Waals surface area contributed by atoms with Crippen LogP contribution in [0.4, 0.5) is 10.5 Å². The molecule has 1 N–H and O–H groups in total. The van der Waals surface area contributed by atoms with Crippen LogP contribution >= 0.6 is 0 Å². The first-order valence-corrected chi connectivity index (χ1v) is 11.1. The molecule has 148 valence electrons. The van der Waals surface area contributed by atoms with Gasteiger partial charge in [0.15, 0.2) is 16.1 Å². The van der Waals surface area contributed by atoms with Gasteiger partial charge in [0.2, 0.25) is 0 Å². The van der Waals surface area contributed by atoms with Crippen LogP contribution in [0.2, 0.25) is 0 Å². The van der Waals surface area contributed by atoms with Gasteiger partial charge in [-0.2, -0.15) is 0 Å². The number of hydrogen-bond acceptors (Lipinski definition) is 5. The molecule has 0 spiro atoms. The summed E-state index contributed by atoms with van der Waals surface area (Å²) < 4.78 is 33.4. The molecule has 2 amide bonds. The van der Waals surface area contributed by atoms with Crippen LogP contribution in [0.1, 0.15) is 35.1 Å². The quantitative estimate of drug-likeness (QED) is 0.598. The number of amides is 2. The first-order chi connectivity index (χ1) is 13.0. The van der Waals surface area contributed by atoms with E-state index in [1.807, 2.05) is 4.90 Å². The first-order valence-electron chi connectivity index (χ1n) is 9.63. The van der Waals surface area contributed by atoms with Crippen molar-refractivity contribution < 1.29 is 69.3 Å². The molecule has 1 saturated heterocycles. The molecule has 28 heavy (non-hydrogen) atoms. The van der Waals surface area contributed by atoms with Crippen LogP contribution in [-0.4, -0.2) is 57.9 Å². The number of rotatable bonds is 6. The molecular formula is C19H26KN3O4S. The molecule has 4 rings (SSSR count). The van der Waals surface area contributed by atoms with Crippen molar-refractivity contribution in [2.24, 2.45) is 0 Å². The van der Waals surface area contributed by atoms with E-state index in [-0.39, 0.29) is 51.4 Å². The van der Waals surface area contributed by atoms with E-state index in [0.29, 0.717) is 26.2 Å². The van der Waals surface area contributed by atoms with E-state index in [2.05, 4.69) is 16.1 Å². The third-order valence-electron chi connectivity index (χ3n) is 5.87. The Morgan fingerprint density at radius 3 is 2.36 bits per heavy atom. The van der Waals surface area contributed by atoms with Crippen molar-refractivity contribution in [2.75, 3.05) is 38.7 Å². The zero-order valence-corrected chi connectivity index (χ0v) is 20.6. The van der Waals surface area contributed by atoms with Gasteiger partial charge < -0.3 is 14.8 Å². The van der Waals surface area contributed by atoms with Gasteiger partial charge in [0, 0.05) is 26.7 Å². The van der Waals surface area contributed by atoms with Gasteiger partial charge in [-0.3, -0.25) is 9.69 Å². The fourth-order valence-corrected chi connectivity index (χ4v) is 5.63. The van der Waals surface area contributed by atoms with Gasteiger partial charge in [-0.15, -0.1) is 0 Å². The monoisotopic (exact) mass is 431 g/mol. The molecule has 0 aromatic heterocycles. The minimum atomic E-state index is -3.80. The molecule has 2 aliphatic carbocycles. The summed E-state index contributed by atoms with van der Waals surface area (Å²) in [4.78, 5) is 14.4. The van der Waals surface area contributed by atoms with Crippen LogP contribution in [-0.2, 0) is 40.4 Å². The molecule has 0 saturated carbocycles. The van der Waals surface area contributed by atoms with E-state index in [4.69, 9.17) is 4.74 Å². The minimum Gasteiger partial charge on any atom is -0.423 e. The number of ether oxygens (including phenoxy) is 1. The van der Waals surface area contributed by atoms with Crippen molar-refractivity contribution in [3.63, 3.8) is 0 Å². The van der Waals surface area contributed by atoms with Crippen molar-refractivity contribution in [3.05, 3.63) is 33.0 Å². The van der Waals surface area contributed by atoms with Crippen molar-refractivity contribution in [3.8, 4) is 0 Å². The molecule has 3 aliphatic rings. The maximum Gasteiger partial charge on any atom is 1.00 e. The molecule has 1 aromatic carbocycles. The number of hydrogen-bond donors (Lipinski definition) is 1. The van der Waals surface area contributed by atoms with Crippen LogP contribution in [0.25, 0.3) is 4.72 Å². The Kier molecular flexibility index (Phi) is 7.63. The van der Waals surface area contributed by atoms with Crippen molar-refractivity contribution >= 4 is 21.7 Å². The van der Waals surface area contributed by atoms with Crippen molar-refractivity contribution in [1.29, 1.82) is 0 Å². The normalized spacial score (nSPS) is 18.8. The third kappa shape index (κ3) is 4.67. The van der Waals surface area contributed by atoms with Crippen LogP contribution in [0.3, 0.4) is 0 Å². The van der Waals surface area contributed by atoms with Gasteiger partial charge in [-0.25, -0.2) is 8.42 Å². The summed E-state index contributed by atoms with van der Waals surface area (Å²) in [7, 11) is -2.18. The Hall–Kier alpha value is -0.00364. The summed E-state index contributed by atoms with van der Waals surface area (Å²) >= 11 is 0. The van der Waals surface area contributed by atoms with E-state index in [1.54, 1.807) is 7.11 Å². The number of carbonyl (C=O) groups is 1. The molecule has 1 heterocycles. The third-order valence-corrected chi connectivity index (χ3v) is 7.43. The average molecular weight is 432 g/mol.